The van der Waals surface area contributed by atoms with Gasteiger partial charge in [0, 0.05) is 31.4 Å². The van der Waals surface area contributed by atoms with Crippen LogP contribution in [-0.4, -0.2) is 31.2 Å². The zero-order valence-electron chi connectivity index (χ0n) is 12.2. The van der Waals surface area contributed by atoms with Gasteiger partial charge in [-0.2, -0.15) is 0 Å². The number of carbonyl (C=O) groups is 1. The van der Waals surface area contributed by atoms with Gasteiger partial charge in [0.05, 0.1) is 0 Å². The lowest BCUT2D eigenvalue weighted by molar-refractivity contribution is 0.0921. The summed E-state index contributed by atoms with van der Waals surface area (Å²) in [6.07, 6.45) is 0.886. The summed E-state index contributed by atoms with van der Waals surface area (Å²) in [5, 5.41) is 2.94. The quantitative estimate of drug-likeness (QED) is 0.756. The Morgan fingerprint density at radius 3 is 2.65 bits per heavy atom. The van der Waals surface area contributed by atoms with Crippen LogP contribution in [0, 0.1) is 5.41 Å². The fourth-order valence-corrected chi connectivity index (χ4v) is 1.83. The largest absolute Gasteiger partial charge is 0.389 e. The third kappa shape index (κ3) is 5.27. The van der Waals surface area contributed by atoms with Gasteiger partial charge in [0.25, 0.3) is 5.91 Å². The number of carbonyl (C=O) groups excluding carboxylic acids is 1. The van der Waals surface area contributed by atoms with Gasteiger partial charge in [0.2, 0.25) is 0 Å². The molecule has 0 aliphatic rings. The van der Waals surface area contributed by atoms with Gasteiger partial charge in [0.15, 0.2) is 0 Å². The van der Waals surface area contributed by atoms with Gasteiger partial charge in [-0.25, -0.2) is 0 Å². The van der Waals surface area contributed by atoms with Crippen LogP contribution in [0.2, 0.25) is 0 Å². The average molecular weight is 294 g/mol. The Kier molecular flexibility index (Phi) is 6.10. The molecule has 0 radical (unpaired) electrons. The maximum absolute atomic E-state index is 12.1. The fourth-order valence-electron chi connectivity index (χ4n) is 1.70. The monoisotopic (exact) mass is 294 g/mol. The Bertz CT molecular complexity index is 487. The summed E-state index contributed by atoms with van der Waals surface area (Å²) in [5.41, 5.74) is 6.83. The second-order valence-corrected chi connectivity index (χ2v) is 5.97. The van der Waals surface area contributed by atoms with Crippen molar-refractivity contribution in [1.82, 2.24) is 5.32 Å². The molecule has 4 nitrogen and oxygen atoms in total. The van der Waals surface area contributed by atoms with Crippen LogP contribution in [0.25, 0.3) is 0 Å². The van der Waals surface area contributed by atoms with Gasteiger partial charge < -0.3 is 15.8 Å². The highest BCUT2D eigenvalue weighted by atomic mass is 32.1. The number of rotatable bonds is 7. The molecular weight excluding hydrogens is 272 g/mol. The first kappa shape index (κ1) is 16.6. The summed E-state index contributed by atoms with van der Waals surface area (Å²) in [6, 6.07) is 7.03. The summed E-state index contributed by atoms with van der Waals surface area (Å²) in [4.78, 5) is 12.4. The van der Waals surface area contributed by atoms with Gasteiger partial charge in [-0.3, -0.25) is 4.79 Å². The molecule has 110 valence electrons. The molecule has 0 saturated heterocycles. The molecule has 0 unspecified atom stereocenters. The molecule has 0 atom stereocenters. The Morgan fingerprint density at radius 1 is 1.40 bits per heavy atom. The second kappa shape index (κ2) is 7.36. The van der Waals surface area contributed by atoms with Gasteiger partial charge >= 0.3 is 0 Å². The van der Waals surface area contributed by atoms with Crippen LogP contribution in [-0.2, 0) is 4.74 Å². The SMILES string of the molecule is COCCC(C)(C)CNC(=O)c1cccc(C(N)=S)c1. The van der Waals surface area contributed by atoms with Crippen LogP contribution < -0.4 is 11.1 Å². The molecule has 0 spiro atoms. The maximum atomic E-state index is 12.1. The van der Waals surface area contributed by atoms with E-state index in [9.17, 15) is 4.79 Å². The van der Waals surface area contributed by atoms with Crippen molar-refractivity contribution in [3.8, 4) is 0 Å². The number of hydrogen-bond acceptors (Lipinski definition) is 3. The second-order valence-electron chi connectivity index (χ2n) is 5.53. The van der Waals surface area contributed by atoms with Gasteiger partial charge in [-0.15, -0.1) is 0 Å². The van der Waals surface area contributed by atoms with Crippen LogP contribution >= 0.6 is 12.2 Å². The number of benzene rings is 1. The van der Waals surface area contributed by atoms with E-state index in [4.69, 9.17) is 22.7 Å². The van der Waals surface area contributed by atoms with Crippen LogP contribution in [0.5, 0.6) is 0 Å². The van der Waals surface area contributed by atoms with E-state index in [1.807, 2.05) is 0 Å². The Morgan fingerprint density at radius 2 is 2.05 bits per heavy atom. The van der Waals surface area contributed by atoms with E-state index in [2.05, 4.69) is 19.2 Å². The van der Waals surface area contributed by atoms with Gasteiger partial charge in [-0.1, -0.05) is 38.2 Å². The number of nitrogens with one attached hydrogen (secondary N) is 1. The minimum Gasteiger partial charge on any atom is -0.389 e. The Labute approximate surface area is 125 Å². The minimum atomic E-state index is -0.117. The molecule has 0 bridgehead atoms. The van der Waals surface area contributed by atoms with E-state index in [1.54, 1.807) is 31.4 Å². The van der Waals surface area contributed by atoms with Crippen LogP contribution in [0.15, 0.2) is 24.3 Å². The van der Waals surface area contributed by atoms with Crippen molar-refractivity contribution < 1.29 is 9.53 Å². The highest BCUT2D eigenvalue weighted by molar-refractivity contribution is 7.80. The predicted octanol–water partition coefficient (Wildman–Crippen LogP) is 2.11. The van der Waals surface area contributed by atoms with Crippen LogP contribution in [0.3, 0.4) is 0 Å². The number of ether oxygens (including phenoxy) is 1. The molecule has 5 heteroatoms. The molecule has 1 rings (SSSR count). The molecule has 1 aromatic rings. The smallest absolute Gasteiger partial charge is 0.251 e. The highest BCUT2D eigenvalue weighted by Gasteiger charge is 2.19. The van der Waals surface area contributed by atoms with Crippen molar-refractivity contribution in [3.05, 3.63) is 35.4 Å². The summed E-state index contributed by atoms with van der Waals surface area (Å²) < 4.78 is 5.07. The zero-order valence-corrected chi connectivity index (χ0v) is 13.0. The normalized spacial score (nSPS) is 11.2. The van der Waals surface area contributed by atoms with Crippen molar-refractivity contribution in [1.29, 1.82) is 0 Å². The number of nitrogens with two attached hydrogens (primary N) is 1. The van der Waals surface area contributed by atoms with E-state index in [0.29, 0.717) is 29.3 Å². The third-order valence-corrected chi connectivity index (χ3v) is 3.36. The van der Waals surface area contributed by atoms with Crippen LogP contribution in [0.4, 0.5) is 0 Å². The molecule has 1 amide bonds. The average Bonchev–Trinajstić information content (AvgIpc) is 2.43. The highest BCUT2D eigenvalue weighted by Crippen LogP contribution is 2.19. The molecule has 0 saturated carbocycles. The summed E-state index contributed by atoms with van der Waals surface area (Å²) in [7, 11) is 1.68. The first-order valence-corrected chi connectivity index (χ1v) is 6.93. The summed E-state index contributed by atoms with van der Waals surface area (Å²) >= 11 is 4.91. The lowest BCUT2D eigenvalue weighted by Gasteiger charge is -2.24. The van der Waals surface area contributed by atoms with Crippen molar-refractivity contribution >= 4 is 23.1 Å². The van der Waals surface area contributed by atoms with E-state index < -0.39 is 0 Å². The summed E-state index contributed by atoms with van der Waals surface area (Å²) in [5.74, 6) is -0.117. The predicted molar refractivity (Wildman–Crippen MR) is 84.9 cm³/mol. The molecule has 0 aromatic heterocycles. The number of amides is 1. The minimum absolute atomic E-state index is 0.00749. The molecular formula is C15H22N2O2S. The van der Waals surface area contributed by atoms with Crippen LogP contribution in [0.1, 0.15) is 36.2 Å². The summed E-state index contributed by atoms with van der Waals surface area (Å²) in [6.45, 7) is 5.46. The fraction of sp³-hybridized carbons (Fsp3) is 0.467. The zero-order chi connectivity index (χ0) is 15.2. The van der Waals surface area contributed by atoms with E-state index in [1.165, 1.54) is 0 Å². The topological polar surface area (TPSA) is 64.3 Å². The van der Waals surface area contributed by atoms with E-state index >= 15 is 0 Å². The van der Waals surface area contributed by atoms with Crippen molar-refractivity contribution in [2.24, 2.45) is 11.1 Å². The lowest BCUT2D eigenvalue weighted by atomic mass is 9.89. The number of thiocarbonyl (C=S) groups is 1. The van der Waals surface area contributed by atoms with E-state index in [0.717, 1.165) is 6.42 Å². The van der Waals surface area contributed by atoms with Crippen molar-refractivity contribution in [3.63, 3.8) is 0 Å². The standard InChI is InChI=1S/C15H22N2O2S/c1-15(2,7-8-19-3)10-17-14(18)12-6-4-5-11(9-12)13(16)20/h4-6,9H,7-8,10H2,1-3H3,(H2,16,20)(H,17,18). The lowest BCUT2D eigenvalue weighted by Crippen LogP contribution is -2.34. The molecule has 1 aromatic carbocycles. The van der Waals surface area contributed by atoms with Crippen molar-refractivity contribution in [2.45, 2.75) is 20.3 Å². The van der Waals surface area contributed by atoms with Gasteiger partial charge in [-0.05, 0) is 24.0 Å². The molecule has 20 heavy (non-hydrogen) atoms. The first-order chi connectivity index (χ1) is 9.35. The molecule has 0 aliphatic carbocycles. The Balaban J connectivity index is 2.63. The van der Waals surface area contributed by atoms with Gasteiger partial charge in [0.1, 0.15) is 4.99 Å². The molecule has 3 N–H and O–H groups in total. The molecule has 0 aliphatic heterocycles. The van der Waals surface area contributed by atoms with Crippen molar-refractivity contribution in [2.75, 3.05) is 20.3 Å². The first-order valence-electron chi connectivity index (χ1n) is 6.53. The number of hydrogen-bond donors (Lipinski definition) is 2. The Hall–Kier alpha value is -1.46. The van der Waals surface area contributed by atoms with E-state index in [-0.39, 0.29) is 11.3 Å². The molecule has 0 heterocycles. The number of methoxy groups -OCH3 is 1. The molecule has 0 fully saturated rings. The third-order valence-electron chi connectivity index (χ3n) is 3.12. The maximum Gasteiger partial charge on any atom is 0.251 e.